The molecule has 0 saturated heterocycles. The van der Waals surface area contributed by atoms with E-state index in [4.69, 9.17) is 0 Å². The Labute approximate surface area is 129 Å². The van der Waals surface area contributed by atoms with Crippen molar-refractivity contribution in [1.29, 1.82) is 0 Å². The van der Waals surface area contributed by atoms with E-state index in [9.17, 15) is 15.0 Å². The fourth-order valence-electron chi connectivity index (χ4n) is 2.25. The van der Waals surface area contributed by atoms with Gasteiger partial charge >= 0.3 is 0 Å². The molecule has 0 saturated carbocycles. The van der Waals surface area contributed by atoms with Crippen molar-refractivity contribution in [1.82, 2.24) is 0 Å². The van der Waals surface area contributed by atoms with Crippen molar-refractivity contribution in [3.63, 3.8) is 0 Å². The Hall–Kier alpha value is -1.09. The minimum Gasteiger partial charge on any atom is -0.545 e. The van der Waals surface area contributed by atoms with Gasteiger partial charge in [0.25, 0.3) is 0 Å². The lowest BCUT2D eigenvalue weighted by Crippen LogP contribution is -2.23. The highest BCUT2D eigenvalue weighted by atomic mass is 16.4. The first kappa shape index (κ1) is 19.9. The molecule has 0 heterocycles. The van der Waals surface area contributed by atoms with Crippen LogP contribution < -0.4 is 5.11 Å². The van der Waals surface area contributed by atoms with Crippen molar-refractivity contribution >= 4 is 5.97 Å². The van der Waals surface area contributed by atoms with E-state index in [1.165, 1.54) is 18.4 Å². The van der Waals surface area contributed by atoms with Crippen molar-refractivity contribution in [2.75, 3.05) is 0 Å². The van der Waals surface area contributed by atoms with Crippen LogP contribution in [0.4, 0.5) is 0 Å². The molecule has 0 bridgehead atoms. The summed E-state index contributed by atoms with van der Waals surface area (Å²) < 4.78 is 0. The van der Waals surface area contributed by atoms with E-state index in [-0.39, 0.29) is 5.57 Å². The summed E-state index contributed by atoms with van der Waals surface area (Å²) in [6.07, 6.45) is 11.4. The number of allylic oxidation sites excluding steroid dienone is 3. The first-order valence-electron chi connectivity index (χ1n) is 8.04. The fraction of sp³-hybridized carbons (Fsp3) is 0.722. The SMILES string of the molecule is CCCCCC(C)(O)CCC/C(C)=C/C/C=C(\C)C(=O)[O-]. The zero-order valence-corrected chi connectivity index (χ0v) is 14.1. The molecule has 0 aromatic heterocycles. The van der Waals surface area contributed by atoms with Gasteiger partial charge in [-0.25, -0.2) is 0 Å². The van der Waals surface area contributed by atoms with Crippen LogP contribution in [0.1, 0.15) is 79.1 Å². The minimum atomic E-state index is -1.11. The largest absolute Gasteiger partial charge is 0.545 e. The molecule has 0 fully saturated rings. The number of carboxylic acids is 1. The van der Waals surface area contributed by atoms with Gasteiger partial charge in [0.05, 0.1) is 11.6 Å². The van der Waals surface area contributed by atoms with Crippen LogP contribution in [0, 0.1) is 0 Å². The van der Waals surface area contributed by atoms with Crippen molar-refractivity contribution in [3.05, 3.63) is 23.3 Å². The van der Waals surface area contributed by atoms with E-state index in [2.05, 4.69) is 6.92 Å². The Morgan fingerprint density at radius 3 is 2.33 bits per heavy atom. The average Bonchev–Trinajstić information content (AvgIpc) is 2.38. The average molecular weight is 295 g/mol. The summed E-state index contributed by atoms with van der Waals surface area (Å²) in [5, 5.41) is 20.8. The molecule has 21 heavy (non-hydrogen) atoms. The quantitative estimate of drug-likeness (QED) is 0.360. The first-order valence-corrected chi connectivity index (χ1v) is 8.04. The second-order valence-electron chi connectivity index (χ2n) is 6.27. The number of aliphatic hydroxyl groups is 1. The number of aliphatic carboxylic acids is 1. The van der Waals surface area contributed by atoms with Gasteiger partial charge in [-0.1, -0.05) is 43.9 Å². The Kier molecular flexibility index (Phi) is 10.1. The summed E-state index contributed by atoms with van der Waals surface area (Å²) >= 11 is 0. The molecule has 3 nitrogen and oxygen atoms in total. The molecule has 0 rings (SSSR count). The summed E-state index contributed by atoms with van der Waals surface area (Å²) in [4.78, 5) is 10.5. The van der Waals surface area contributed by atoms with E-state index in [1.807, 2.05) is 19.9 Å². The molecule has 122 valence electrons. The number of hydrogen-bond acceptors (Lipinski definition) is 3. The van der Waals surface area contributed by atoms with Gasteiger partial charge in [-0.3, -0.25) is 0 Å². The lowest BCUT2D eigenvalue weighted by molar-refractivity contribution is -0.299. The van der Waals surface area contributed by atoms with Crippen molar-refractivity contribution in [2.45, 2.75) is 84.7 Å². The molecule has 0 amide bonds. The third kappa shape index (κ3) is 11.3. The highest BCUT2D eigenvalue weighted by Crippen LogP contribution is 2.22. The molecular formula is C18H31O3-. The molecular weight excluding hydrogens is 264 g/mol. The van der Waals surface area contributed by atoms with E-state index in [0.717, 1.165) is 32.1 Å². The van der Waals surface area contributed by atoms with Gasteiger partial charge < -0.3 is 15.0 Å². The zero-order chi connectivity index (χ0) is 16.3. The lowest BCUT2D eigenvalue weighted by Gasteiger charge is -2.23. The molecule has 0 radical (unpaired) electrons. The maximum Gasteiger partial charge on any atom is 0.0668 e. The van der Waals surface area contributed by atoms with Gasteiger partial charge in [0.1, 0.15) is 0 Å². The van der Waals surface area contributed by atoms with E-state index >= 15 is 0 Å². The second-order valence-corrected chi connectivity index (χ2v) is 6.27. The monoisotopic (exact) mass is 295 g/mol. The maximum atomic E-state index is 10.5. The molecule has 0 aliphatic carbocycles. The van der Waals surface area contributed by atoms with Crippen molar-refractivity contribution in [2.24, 2.45) is 0 Å². The zero-order valence-electron chi connectivity index (χ0n) is 14.1. The smallest absolute Gasteiger partial charge is 0.0668 e. The molecule has 1 unspecified atom stereocenters. The topological polar surface area (TPSA) is 60.4 Å². The Morgan fingerprint density at radius 2 is 1.76 bits per heavy atom. The van der Waals surface area contributed by atoms with Gasteiger partial charge in [-0.05, 0) is 58.4 Å². The molecule has 0 aliphatic rings. The van der Waals surface area contributed by atoms with Crippen molar-refractivity contribution in [3.8, 4) is 0 Å². The van der Waals surface area contributed by atoms with Crippen LogP contribution in [0.25, 0.3) is 0 Å². The number of rotatable bonds is 11. The summed E-state index contributed by atoms with van der Waals surface area (Å²) in [7, 11) is 0. The normalized spacial score (nSPS) is 15.9. The van der Waals surface area contributed by atoms with Crippen LogP contribution in [-0.4, -0.2) is 16.7 Å². The van der Waals surface area contributed by atoms with Crippen LogP contribution in [0.2, 0.25) is 0 Å². The number of unbranched alkanes of at least 4 members (excludes halogenated alkanes) is 2. The third-order valence-corrected chi connectivity index (χ3v) is 3.82. The number of hydrogen-bond donors (Lipinski definition) is 1. The van der Waals surface area contributed by atoms with E-state index in [1.54, 1.807) is 13.0 Å². The predicted molar refractivity (Wildman–Crippen MR) is 85.8 cm³/mol. The van der Waals surface area contributed by atoms with Crippen molar-refractivity contribution < 1.29 is 15.0 Å². The number of carboxylic acid groups (broad SMARTS) is 1. The van der Waals surface area contributed by atoms with Crippen LogP contribution in [0.3, 0.4) is 0 Å². The van der Waals surface area contributed by atoms with E-state index < -0.39 is 11.6 Å². The van der Waals surface area contributed by atoms with Gasteiger partial charge in [0, 0.05) is 0 Å². The molecule has 1 N–H and O–H groups in total. The van der Waals surface area contributed by atoms with Crippen LogP contribution in [-0.2, 0) is 4.79 Å². The molecule has 1 atom stereocenters. The predicted octanol–water partition coefficient (Wildman–Crippen LogP) is 3.52. The van der Waals surface area contributed by atoms with Gasteiger partial charge in [0.15, 0.2) is 0 Å². The summed E-state index contributed by atoms with van der Waals surface area (Å²) in [6.45, 7) is 7.69. The minimum absolute atomic E-state index is 0.276. The number of carbonyl (C=O) groups excluding carboxylic acids is 1. The van der Waals surface area contributed by atoms with Crippen LogP contribution >= 0.6 is 0 Å². The Morgan fingerprint density at radius 1 is 1.14 bits per heavy atom. The summed E-state index contributed by atoms with van der Waals surface area (Å²) in [5.74, 6) is -1.11. The van der Waals surface area contributed by atoms with Crippen LogP contribution in [0.5, 0.6) is 0 Å². The number of carbonyl (C=O) groups is 1. The lowest BCUT2D eigenvalue weighted by atomic mass is 9.91. The van der Waals surface area contributed by atoms with Crippen LogP contribution in [0.15, 0.2) is 23.3 Å². The Balaban J connectivity index is 3.99. The highest BCUT2D eigenvalue weighted by molar-refractivity contribution is 5.83. The molecule has 0 aliphatic heterocycles. The fourth-order valence-corrected chi connectivity index (χ4v) is 2.25. The molecule has 0 aromatic rings. The summed E-state index contributed by atoms with van der Waals surface area (Å²) in [5.41, 5.74) is 0.959. The highest BCUT2D eigenvalue weighted by Gasteiger charge is 2.18. The van der Waals surface area contributed by atoms with Gasteiger partial charge in [-0.2, -0.15) is 0 Å². The first-order chi connectivity index (χ1) is 9.78. The third-order valence-electron chi connectivity index (χ3n) is 3.82. The van der Waals surface area contributed by atoms with E-state index in [0.29, 0.717) is 6.42 Å². The molecule has 3 heteroatoms. The Bertz CT molecular complexity index is 365. The maximum absolute atomic E-state index is 10.5. The second kappa shape index (κ2) is 10.6. The molecule has 0 aromatic carbocycles. The van der Waals surface area contributed by atoms with Gasteiger partial charge in [-0.15, -0.1) is 0 Å². The standard InChI is InChI=1S/C18H32O3/c1-5-6-7-13-18(4,21)14-9-11-15(2)10-8-12-16(3)17(19)20/h10,12,21H,5-9,11,13-14H2,1-4H3,(H,19,20)/p-1/b15-10+,16-12+. The summed E-state index contributed by atoms with van der Waals surface area (Å²) in [6, 6.07) is 0. The van der Waals surface area contributed by atoms with Gasteiger partial charge in [0.2, 0.25) is 0 Å². The molecule has 0 spiro atoms.